The molecule has 1 amide bonds. The largest absolute Gasteiger partial charge is 0.336 e. The van der Waals surface area contributed by atoms with Crippen molar-refractivity contribution < 1.29 is 4.79 Å². The van der Waals surface area contributed by atoms with E-state index in [1.807, 2.05) is 23.1 Å². The van der Waals surface area contributed by atoms with Crippen LogP contribution in [-0.4, -0.2) is 46.9 Å². The molecule has 1 aromatic heterocycles. The number of rotatable bonds is 5. The summed E-state index contributed by atoms with van der Waals surface area (Å²) >= 11 is 0. The van der Waals surface area contributed by atoms with Crippen molar-refractivity contribution in [3.05, 3.63) is 101 Å². The Kier molecular flexibility index (Phi) is 5.98. The molecule has 0 atom stereocenters. The Bertz CT molecular complexity index is 898. The minimum Gasteiger partial charge on any atom is -0.336 e. The second-order valence-electron chi connectivity index (χ2n) is 7.34. The highest BCUT2D eigenvalue weighted by molar-refractivity contribution is 5.94. The Morgan fingerprint density at radius 2 is 1.48 bits per heavy atom. The molecule has 0 radical (unpaired) electrons. The van der Waals surface area contributed by atoms with Crippen LogP contribution in [0.3, 0.4) is 0 Å². The van der Waals surface area contributed by atoms with E-state index < -0.39 is 0 Å². The van der Waals surface area contributed by atoms with Gasteiger partial charge < -0.3 is 10.6 Å². The van der Waals surface area contributed by atoms with Gasteiger partial charge in [-0.3, -0.25) is 14.7 Å². The lowest BCUT2D eigenvalue weighted by Crippen LogP contribution is -2.49. The molecule has 1 fully saturated rings. The van der Waals surface area contributed by atoms with Gasteiger partial charge in [0, 0.05) is 45.1 Å². The maximum absolute atomic E-state index is 12.9. The van der Waals surface area contributed by atoms with Crippen LogP contribution in [-0.2, 0) is 6.54 Å². The SMILES string of the molecule is NCc1cncc(C(=O)N2CCN(C(c3ccccc3)c3ccccc3)CC2)c1. The Hall–Kier alpha value is -3.02. The van der Waals surface area contributed by atoms with E-state index in [-0.39, 0.29) is 11.9 Å². The van der Waals surface area contributed by atoms with Gasteiger partial charge in [-0.25, -0.2) is 0 Å². The number of hydrogen-bond acceptors (Lipinski definition) is 4. The van der Waals surface area contributed by atoms with Crippen LogP contribution >= 0.6 is 0 Å². The highest BCUT2D eigenvalue weighted by atomic mass is 16.2. The molecular weight excluding hydrogens is 360 g/mol. The summed E-state index contributed by atoms with van der Waals surface area (Å²) in [6, 6.07) is 23.2. The van der Waals surface area contributed by atoms with Crippen LogP contribution < -0.4 is 5.73 Å². The van der Waals surface area contributed by atoms with E-state index in [0.29, 0.717) is 25.2 Å². The molecule has 4 rings (SSSR count). The van der Waals surface area contributed by atoms with Gasteiger partial charge in [0.15, 0.2) is 0 Å². The van der Waals surface area contributed by atoms with Gasteiger partial charge in [-0.2, -0.15) is 0 Å². The zero-order valence-corrected chi connectivity index (χ0v) is 16.4. The van der Waals surface area contributed by atoms with Crippen LogP contribution in [0.1, 0.15) is 33.1 Å². The number of carbonyl (C=O) groups excluding carboxylic acids is 1. The Morgan fingerprint density at radius 3 is 2.03 bits per heavy atom. The highest BCUT2D eigenvalue weighted by Crippen LogP contribution is 2.29. The van der Waals surface area contributed by atoms with Gasteiger partial charge >= 0.3 is 0 Å². The van der Waals surface area contributed by atoms with E-state index in [4.69, 9.17) is 5.73 Å². The van der Waals surface area contributed by atoms with Crippen LogP contribution in [0.2, 0.25) is 0 Å². The molecule has 1 saturated heterocycles. The molecule has 148 valence electrons. The second kappa shape index (κ2) is 8.99. The minimum atomic E-state index is 0.0309. The third kappa shape index (κ3) is 4.36. The van der Waals surface area contributed by atoms with E-state index >= 15 is 0 Å². The van der Waals surface area contributed by atoms with Crippen molar-refractivity contribution >= 4 is 5.91 Å². The summed E-state index contributed by atoms with van der Waals surface area (Å²) in [5.41, 5.74) is 9.73. The number of amides is 1. The van der Waals surface area contributed by atoms with Crippen LogP contribution in [0.5, 0.6) is 0 Å². The summed E-state index contributed by atoms with van der Waals surface area (Å²) in [5.74, 6) is 0.0309. The van der Waals surface area contributed by atoms with Crippen molar-refractivity contribution in [1.82, 2.24) is 14.8 Å². The smallest absolute Gasteiger partial charge is 0.255 e. The molecule has 0 aliphatic carbocycles. The molecule has 5 nitrogen and oxygen atoms in total. The molecule has 2 N–H and O–H groups in total. The summed E-state index contributed by atoms with van der Waals surface area (Å²) in [6.07, 6.45) is 3.34. The lowest BCUT2D eigenvalue weighted by Gasteiger charge is -2.39. The monoisotopic (exact) mass is 386 g/mol. The molecule has 0 unspecified atom stereocenters. The second-order valence-corrected chi connectivity index (χ2v) is 7.34. The molecule has 1 aliphatic rings. The molecule has 5 heteroatoms. The minimum absolute atomic E-state index is 0.0309. The van der Waals surface area contributed by atoms with Gasteiger partial charge in [-0.05, 0) is 22.8 Å². The number of pyridine rings is 1. The van der Waals surface area contributed by atoms with Crippen LogP contribution in [0.4, 0.5) is 0 Å². The zero-order valence-electron chi connectivity index (χ0n) is 16.4. The highest BCUT2D eigenvalue weighted by Gasteiger charge is 2.28. The van der Waals surface area contributed by atoms with Gasteiger partial charge in [0.1, 0.15) is 0 Å². The predicted molar refractivity (Wildman–Crippen MR) is 114 cm³/mol. The Balaban J connectivity index is 1.50. The average molecular weight is 386 g/mol. The standard InChI is InChI=1S/C24H26N4O/c25-16-19-15-22(18-26-17-19)24(29)28-13-11-27(12-14-28)23(20-7-3-1-4-8-20)21-9-5-2-6-10-21/h1-10,15,17-18,23H,11-14,16,25H2. The van der Waals surface area contributed by atoms with Gasteiger partial charge in [0.2, 0.25) is 0 Å². The van der Waals surface area contributed by atoms with E-state index in [9.17, 15) is 4.79 Å². The Labute approximate surface area is 171 Å². The van der Waals surface area contributed by atoms with Gasteiger partial charge in [0.25, 0.3) is 5.91 Å². The topological polar surface area (TPSA) is 62.5 Å². The van der Waals surface area contributed by atoms with Gasteiger partial charge in [-0.15, -0.1) is 0 Å². The first-order valence-corrected chi connectivity index (χ1v) is 10.0. The summed E-state index contributed by atoms with van der Waals surface area (Å²) in [4.78, 5) is 21.4. The first-order chi connectivity index (χ1) is 14.3. The van der Waals surface area contributed by atoms with E-state index in [1.54, 1.807) is 12.4 Å². The van der Waals surface area contributed by atoms with Gasteiger partial charge in [-0.1, -0.05) is 60.7 Å². The number of carbonyl (C=O) groups is 1. The fourth-order valence-corrected chi connectivity index (χ4v) is 3.97. The summed E-state index contributed by atoms with van der Waals surface area (Å²) in [5, 5.41) is 0. The van der Waals surface area contributed by atoms with Crippen molar-refractivity contribution in [3.8, 4) is 0 Å². The average Bonchev–Trinajstić information content (AvgIpc) is 2.81. The third-order valence-corrected chi connectivity index (χ3v) is 5.47. The lowest BCUT2D eigenvalue weighted by molar-refractivity contribution is 0.0597. The molecular formula is C24H26N4O. The van der Waals surface area contributed by atoms with Gasteiger partial charge in [0.05, 0.1) is 11.6 Å². The Morgan fingerprint density at radius 1 is 0.897 bits per heavy atom. The predicted octanol–water partition coefficient (Wildman–Crippen LogP) is 3.09. The van der Waals surface area contributed by atoms with Crippen molar-refractivity contribution in [2.45, 2.75) is 12.6 Å². The fraction of sp³-hybridized carbons (Fsp3) is 0.250. The van der Waals surface area contributed by atoms with Crippen molar-refractivity contribution in [3.63, 3.8) is 0 Å². The van der Waals surface area contributed by atoms with Crippen LogP contribution in [0.15, 0.2) is 79.1 Å². The number of piperazine rings is 1. The number of hydrogen-bond donors (Lipinski definition) is 1. The molecule has 0 spiro atoms. The van der Waals surface area contributed by atoms with Crippen LogP contribution in [0, 0.1) is 0 Å². The quantitative estimate of drug-likeness (QED) is 0.732. The van der Waals surface area contributed by atoms with Crippen molar-refractivity contribution in [2.24, 2.45) is 5.73 Å². The van der Waals surface area contributed by atoms with Crippen molar-refractivity contribution in [1.29, 1.82) is 0 Å². The molecule has 0 bridgehead atoms. The maximum Gasteiger partial charge on any atom is 0.255 e. The summed E-state index contributed by atoms with van der Waals surface area (Å²) in [6.45, 7) is 3.43. The van der Waals surface area contributed by atoms with E-state index in [1.165, 1.54) is 11.1 Å². The molecule has 2 heterocycles. The molecule has 3 aromatic rings. The van der Waals surface area contributed by atoms with Crippen LogP contribution in [0.25, 0.3) is 0 Å². The molecule has 2 aromatic carbocycles. The molecule has 1 aliphatic heterocycles. The summed E-state index contributed by atoms with van der Waals surface area (Å²) < 4.78 is 0. The number of benzene rings is 2. The zero-order chi connectivity index (χ0) is 20.1. The third-order valence-electron chi connectivity index (χ3n) is 5.47. The van der Waals surface area contributed by atoms with E-state index in [2.05, 4.69) is 58.4 Å². The van der Waals surface area contributed by atoms with Crippen molar-refractivity contribution in [2.75, 3.05) is 26.2 Å². The maximum atomic E-state index is 12.9. The number of nitrogens with zero attached hydrogens (tertiary/aromatic N) is 3. The first kappa shape index (κ1) is 19.3. The first-order valence-electron chi connectivity index (χ1n) is 10.0. The molecule has 29 heavy (non-hydrogen) atoms. The number of nitrogens with two attached hydrogens (primary N) is 1. The summed E-state index contributed by atoms with van der Waals surface area (Å²) in [7, 11) is 0. The molecule has 0 saturated carbocycles. The fourth-order valence-electron chi connectivity index (χ4n) is 3.97. The normalized spacial score (nSPS) is 14.9. The van der Waals surface area contributed by atoms with E-state index in [0.717, 1.165) is 18.7 Å². The lowest BCUT2D eigenvalue weighted by atomic mass is 9.96. The number of aromatic nitrogens is 1.